The molecule has 0 N–H and O–H groups in total. The van der Waals surface area contributed by atoms with Crippen LogP contribution < -0.4 is 8.63 Å². The first-order valence-corrected chi connectivity index (χ1v) is 11.2. The molecule has 2 aromatic carbocycles. The maximum absolute atomic E-state index is 13.9. The number of para-hydroxylation sites is 2. The third-order valence-corrected chi connectivity index (χ3v) is 8.19. The zero-order valence-electron chi connectivity index (χ0n) is 15.9. The highest BCUT2D eigenvalue weighted by Gasteiger charge is 2.45. The van der Waals surface area contributed by atoms with Gasteiger partial charge in [-0.15, -0.1) is 0 Å². The van der Waals surface area contributed by atoms with E-state index in [2.05, 4.69) is 0 Å². The van der Waals surface area contributed by atoms with E-state index in [0.717, 1.165) is 25.7 Å². The molecule has 6 heteroatoms. The van der Waals surface area contributed by atoms with Gasteiger partial charge in [-0.25, -0.2) is 0 Å². The molecular formula is C21H27ClNO3S+. The van der Waals surface area contributed by atoms with E-state index >= 15 is 0 Å². The minimum absolute atomic E-state index is 0.200. The van der Waals surface area contributed by atoms with Crippen molar-refractivity contribution in [2.75, 3.05) is 20.7 Å². The number of ether oxygens (including phenoxy) is 1. The lowest BCUT2D eigenvalue weighted by Gasteiger charge is -2.37. The van der Waals surface area contributed by atoms with Gasteiger partial charge in [-0.1, -0.05) is 55.1 Å². The lowest BCUT2D eigenvalue weighted by molar-refractivity contribution is 0.298. The van der Waals surface area contributed by atoms with Crippen LogP contribution in [0.3, 0.4) is 0 Å². The third kappa shape index (κ3) is 3.86. The molecule has 0 saturated heterocycles. The van der Waals surface area contributed by atoms with Gasteiger partial charge < -0.3 is 4.74 Å². The highest BCUT2D eigenvalue weighted by Crippen LogP contribution is 2.40. The lowest BCUT2D eigenvalue weighted by Crippen LogP contribution is -2.53. The van der Waals surface area contributed by atoms with Gasteiger partial charge in [0.15, 0.2) is 10.6 Å². The van der Waals surface area contributed by atoms with E-state index in [4.69, 9.17) is 16.3 Å². The second-order valence-corrected chi connectivity index (χ2v) is 9.97. The van der Waals surface area contributed by atoms with E-state index in [1.54, 1.807) is 37.4 Å². The highest BCUT2D eigenvalue weighted by molar-refractivity contribution is 7.91. The monoisotopic (exact) mass is 408 g/mol. The van der Waals surface area contributed by atoms with Crippen molar-refractivity contribution in [1.82, 2.24) is 3.89 Å². The first kappa shape index (κ1) is 20.2. The number of benzene rings is 2. The molecule has 27 heavy (non-hydrogen) atoms. The number of halogens is 1. The van der Waals surface area contributed by atoms with Crippen LogP contribution in [0.5, 0.6) is 5.75 Å². The minimum atomic E-state index is -3.79. The number of rotatable bonds is 6. The van der Waals surface area contributed by atoms with Gasteiger partial charge in [0.05, 0.1) is 14.2 Å². The molecule has 1 saturated carbocycles. The standard InChI is InChI=1S/C21H27ClNO3S/c1-23(16-17-10-4-3-5-11-17,19-13-7-6-12-18(19)22)27(24,25)21-15-9-8-14-20(21)26-2/h6-9,12-15,17H,3-5,10-11,16H2,1-2H3/q+1. The van der Waals surface area contributed by atoms with Crippen LogP contribution >= 0.6 is 11.6 Å². The summed E-state index contributed by atoms with van der Waals surface area (Å²) in [6, 6.07) is 14.0. The van der Waals surface area contributed by atoms with Crippen LogP contribution in [0.4, 0.5) is 5.69 Å². The van der Waals surface area contributed by atoms with Crippen LogP contribution in [0.1, 0.15) is 32.1 Å². The van der Waals surface area contributed by atoms with Gasteiger partial charge in [0.25, 0.3) is 0 Å². The normalized spacial score (nSPS) is 18.0. The van der Waals surface area contributed by atoms with Gasteiger partial charge in [0.1, 0.15) is 17.3 Å². The molecule has 0 radical (unpaired) electrons. The van der Waals surface area contributed by atoms with Crippen LogP contribution in [-0.2, 0) is 10.0 Å². The summed E-state index contributed by atoms with van der Waals surface area (Å²) in [5.41, 5.74) is 0.607. The highest BCUT2D eigenvalue weighted by atomic mass is 35.5. The molecule has 146 valence electrons. The average Bonchev–Trinajstić information content (AvgIpc) is 2.68. The average molecular weight is 409 g/mol. The van der Waals surface area contributed by atoms with Crippen molar-refractivity contribution >= 4 is 27.3 Å². The first-order valence-electron chi connectivity index (χ1n) is 9.39. The summed E-state index contributed by atoms with van der Waals surface area (Å²) in [4.78, 5) is 0.200. The molecule has 1 fully saturated rings. The van der Waals surface area contributed by atoms with Crippen molar-refractivity contribution in [2.45, 2.75) is 37.0 Å². The summed E-state index contributed by atoms with van der Waals surface area (Å²) in [7, 11) is -0.533. The van der Waals surface area contributed by atoms with Crippen molar-refractivity contribution in [2.24, 2.45) is 5.92 Å². The van der Waals surface area contributed by atoms with Crippen LogP contribution in [0.15, 0.2) is 53.4 Å². The van der Waals surface area contributed by atoms with Crippen LogP contribution in [0.2, 0.25) is 5.02 Å². The van der Waals surface area contributed by atoms with Crippen LogP contribution in [0, 0.1) is 5.92 Å². The zero-order valence-corrected chi connectivity index (χ0v) is 17.5. The van der Waals surface area contributed by atoms with Crippen molar-refractivity contribution in [3.05, 3.63) is 53.6 Å². The Morgan fingerprint density at radius 1 is 1.04 bits per heavy atom. The van der Waals surface area contributed by atoms with Gasteiger partial charge in [-0.3, -0.25) is 0 Å². The first-order chi connectivity index (χ1) is 12.9. The number of nitrogens with zero attached hydrogens (tertiary/aromatic N) is 1. The third-order valence-electron chi connectivity index (χ3n) is 5.57. The fourth-order valence-electron chi connectivity index (χ4n) is 4.07. The Bertz CT molecular complexity index is 894. The van der Waals surface area contributed by atoms with Crippen molar-refractivity contribution in [3.63, 3.8) is 0 Å². The summed E-state index contributed by atoms with van der Waals surface area (Å²) in [6.07, 6.45) is 5.65. The van der Waals surface area contributed by atoms with Gasteiger partial charge >= 0.3 is 10.0 Å². The maximum Gasteiger partial charge on any atom is 0.335 e. The molecule has 1 aliphatic carbocycles. The molecule has 0 amide bonds. The number of methoxy groups -OCH3 is 1. The fourth-order valence-corrected chi connectivity index (χ4v) is 6.36. The summed E-state index contributed by atoms with van der Waals surface area (Å²) in [6.45, 7) is 0.504. The summed E-state index contributed by atoms with van der Waals surface area (Å²) in [5.74, 6) is 0.710. The Balaban J connectivity index is 2.15. The predicted molar refractivity (Wildman–Crippen MR) is 111 cm³/mol. The summed E-state index contributed by atoms with van der Waals surface area (Å²) < 4.78 is 32.9. The van der Waals surface area contributed by atoms with E-state index in [1.807, 2.05) is 18.2 Å². The van der Waals surface area contributed by atoms with Crippen molar-refractivity contribution in [1.29, 1.82) is 0 Å². The predicted octanol–water partition coefficient (Wildman–Crippen LogP) is 5.25. The van der Waals surface area contributed by atoms with Gasteiger partial charge in [0, 0.05) is 12.0 Å². The Morgan fingerprint density at radius 3 is 2.33 bits per heavy atom. The SMILES string of the molecule is COc1ccccc1S(=O)(=O)[N+](C)(CC1CCCCC1)c1ccccc1Cl. The largest absolute Gasteiger partial charge is 0.495 e. The molecular weight excluding hydrogens is 382 g/mol. The Hall–Kier alpha value is -1.56. The fraction of sp³-hybridized carbons (Fsp3) is 0.429. The van der Waals surface area contributed by atoms with Gasteiger partial charge in [-0.2, -0.15) is 12.3 Å². The molecule has 1 atom stereocenters. The molecule has 0 bridgehead atoms. The number of hydrogen-bond donors (Lipinski definition) is 0. The number of quaternary nitrogens is 1. The van der Waals surface area contributed by atoms with E-state index in [1.165, 1.54) is 13.5 Å². The summed E-state index contributed by atoms with van der Waals surface area (Å²) >= 11 is 6.48. The van der Waals surface area contributed by atoms with Crippen molar-refractivity contribution in [3.8, 4) is 5.75 Å². The quantitative estimate of drug-likeness (QED) is 0.612. The van der Waals surface area contributed by atoms with E-state index in [-0.39, 0.29) is 8.78 Å². The Morgan fingerprint density at radius 2 is 1.67 bits per heavy atom. The number of sulfonamides is 1. The van der Waals surface area contributed by atoms with Crippen molar-refractivity contribution < 1.29 is 13.2 Å². The maximum atomic E-state index is 13.9. The lowest BCUT2D eigenvalue weighted by atomic mass is 9.89. The van der Waals surface area contributed by atoms with Crippen LogP contribution in [-0.4, -0.2) is 29.1 Å². The number of hydrogen-bond acceptors (Lipinski definition) is 3. The molecule has 0 heterocycles. The molecule has 3 rings (SSSR count). The molecule has 0 aromatic heterocycles. The Labute approximate surface area is 167 Å². The van der Waals surface area contributed by atoms with Crippen LogP contribution in [0.25, 0.3) is 0 Å². The van der Waals surface area contributed by atoms with E-state index in [0.29, 0.717) is 28.9 Å². The molecule has 4 nitrogen and oxygen atoms in total. The van der Waals surface area contributed by atoms with E-state index in [9.17, 15) is 8.42 Å². The molecule has 0 aliphatic heterocycles. The zero-order chi connectivity index (χ0) is 19.5. The molecule has 1 unspecified atom stereocenters. The molecule has 2 aromatic rings. The minimum Gasteiger partial charge on any atom is -0.495 e. The smallest absolute Gasteiger partial charge is 0.335 e. The molecule has 1 aliphatic rings. The molecule has 0 spiro atoms. The second kappa shape index (κ2) is 8.21. The second-order valence-electron chi connectivity index (χ2n) is 7.36. The Kier molecular flexibility index (Phi) is 6.14. The van der Waals surface area contributed by atoms with E-state index < -0.39 is 10.0 Å². The summed E-state index contributed by atoms with van der Waals surface area (Å²) in [5, 5.41) is 0.467. The van der Waals surface area contributed by atoms with Gasteiger partial charge in [0.2, 0.25) is 0 Å². The van der Waals surface area contributed by atoms with Gasteiger partial charge in [-0.05, 0) is 31.0 Å². The topological polar surface area (TPSA) is 43.4 Å².